The first kappa shape index (κ1) is 47.1. The summed E-state index contributed by atoms with van der Waals surface area (Å²) in [5.41, 5.74) is 18.3. The fourth-order valence-electron chi connectivity index (χ4n) is 19.3. The van der Waals surface area contributed by atoms with Crippen LogP contribution in [0, 0.1) is 0 Å². The summed E-state index contributed by atoms with van der Waals surface area (Å²) in [5.74, 6) is 3.35. The van der Waals surface area contributed by atoms with Crippen LogP contribution < -0.4 is 35.5 Å². The lowest BCUT2D eigenvalue weighted by atomic mass is 9.34. The average Bonchev–Trinajstić information content (AvgIpc) is 0.791. The van der Waals surface area contributed by atoms with Crippen LogP contribution in [0.2, 0.25) is 0 Å². The summed E-state index contributed by atoms with van der Waals surface area (Å²) in [5, 5.41) is -0.364. The topological polar surface area (TPSA) is 40.8 Å². The van der Waals surface area contributed by atoms with Gasteiger partial charge in [0, 0.05) is 83.7 Å². The van der Waals surface area contributed by atoms with E-state index < -0.39 is 120 Å². The number of fused-ring (bicyclic) bond motifs is 28. The van der Waals surface area contributed by atoms with Crippen LogP contribution in [0.5, 0.6) is 34.5 Å². The molecule has 4 aliphatic heterocycles. The molecule has 0 saturated heterocycles. The molecule has 0 bridgehead atoms. The number of para-hydroxylation sites is 7. The van der Waals surface area contributed by atoms with E-state index >= 15 is 0 Å². The van der Waals surface area contributed by atoms with E-state index in [1.54, 1.807) is 16.7 Å². The van der Waals surface area contributed by atoms with Crippen LogP contribution in [-0.4, -0.2) is 15.8 Å². The molecule has 24 rings (SSSR count). The Bertz CT molecular complexity index is 7630. The standard InChI is InChI=1S/C102H66BN3O3/c1-100(2,3)63-57-91-98-97(58-63)109-96-60-65(105-88-43-20-10-31-74(88)75-32-11-21-44-89(75)105)50-54-85(96)103(98)84-53-49-64(104-86-41-18-8-29-72(86)73-30-9-19-42-87(73)104)59-90(84)106(91)99-66(61-47-51-82-94(55-61)107-92-45-22-16-39-80(92)101(82)76-35-12-4-25-68(76)69-26-5-13-36-77(69)101)33-24-34-67(99)62-48-52-83-95(56-62)108-93-46-23-17-40-81(93)102(83)78-37-14-6-27-70(78)71-28-7-15-38-79(71)102/h4-60H,1-3H3/i8D,9D,10D,11D,18D,19D,20D,21D,29D,30D,31D,32D,41D,42D,43D,44D. The summed E-state index contributed by atoms with van der Waals surface area (Å²) in [6, 6.07) is 77.1. The molecule has 0 saturated carbocycles. The molecule has 2 aromatic heterocycles. The summed E-state index contributed by atoms with van der Waals surface area (Å²) in [6.07, 6.45) is 0. The van der Waals surface area contributed by atoms with Gasteiger partial charge >= 0.3 is 0 Å². The lowest BCUT2D eigenvalue weighted by Crippen LogP contribution is -2.59. The molecule has 510 valence electrons. The van der Waals surface area contributed by atoms with E-state index in [2.05, 4.69) is 208 Å². The zero-order valence-corrected chi connectivity index (χ0v) is 58.8. The third-order valence-electron chi connectivity index (χ3n) is 23.8. The van der Waals surface area contributed by atoms with E-state index in [1.807, 2.05) is 54.6 Å². The molecule has 109 heavy (non-hydrogen) atoms. The van der Waals surface area contributed by atoms with Crippen molar-refractivity contribution >= 4 is 83.8 Å². The maximum atomic E-state index is 9.91. The average molecular weight is 1410 g/mol. The van der Waals surface area contributed by atoms with E-state index in [0.717, 1.165) is 100 Å². The molecule has 6 nitrogen and oxygen atoms in total. The number of hydrogen-bond donors (Lipinski definition) is 0. The van der Waals surface area contributed by atoms with Crippen molar-refractivity contribution in [3.8, 4) is 90.4 Å². The summed E-state index contributed by atoms with van der Waals surface area (Å²) in [7, 11) is 0. The van der Waals surface area contributed by atoms with Crippen molar-refractivity contribution < 1.29 is 36.1 Å². The molecular weight excluding hydrogens is 1330 g/mol. The maximum Gasteiger partial charge on any atom is 0.256 e. The molecular formula is C102H66BN3O3. The van der Waals surface area contributed by atoms with Crippen molar-refractivity contribution in [1.29, 1.82) is 0 Å². The van der Waals surface area contributed by atoms with Gasteiger partial charge in [-0.3, -0.25) is 0 Å². The zero-order valence-electron chi connectivity index (χ0n) is 74.8. The predicted molar refractivity (Wildman–Crippen MR) is 445 cm³/mol. The van der Waals surface area contributed by atoms with Gasteiger partial charge < -0.3 is 28.2 Å². The number of benzene rings is 16. The summed E-state index contributed by atoms with van der Waals surface area (Å²) in [4.78, 5) is 2.25. The zero-order chi connectivity index (χ0) is 85.7. The third-order valence-corrected chi connectivity index (χ3v) is 23.8. The molecule has 18 aromatic rings. The number of nitrogens with zero attached hydrogens (tertiary/aromatic N) is 3. The van der Waals surface area contributed by atoms with Gasteiger partial charge in [-0.05, 0) is 162 Å². The van der Waals surface area contributed by atoms with Crippen LogP contribution in [-0.2, 0) is 16.2 Å². The third kappa shape index (κ3) is 8.05. The SMILES string of the molecule is [2H]c1c([2H])c([2H])c2c(c1[2H])c1c([2H])c([2H])c([2H])c([2H])c1n2-c1ccc2c(c1)Oc1cc(C(C)(C)C)cc3c1B2c1ccc(-n2c4c([2H])c([2H])c([2H])c([2H])c4c4c([2H])c([2H])c([2H])c([2H])c42)cc1N3c1c(-c2ccc3c(c2)Oc2ccccc2C32c3ccccc3-c3ccccc32)cccc1-c1ccc2c(c1)Oc1ccccc1C21c2ccccc2-c2ccccc21. The van der Waals surface area contributed by atoms with Crippen LogP contribution >= 0.6 is 0 Å². The second-order valence-electron chi connectivity index (χ2n) is 30.1. The highest BCUT2D eigenvalue weighted by molar-refractivity contribution is 6.99. The first-order valence-electron chi connectivity index (χ1n) is 44.7. The highest BCUT2D eigenvalue weighted by atomic mass is 16.5. The second kappa shape index (κ2) is 22.0. The lowest BCUT2D eigenvalue weighted by Gasteiger charge is -2.43. The minimum atomic E-state index is -0.830. The molecule has 0 atom stereocenters. The van der Waals surface area contributed by atoms with Crippen LogP contribution in [0.25, 0.3) is 99.5 Å². The van der Waals surface area contributed by atoms with Gasteiger partial charge in [-0.15, -0.1) is 0 Å². The normalized spacial score (nSPS) is 16.4. The molecule has 6 heterocycles. The van der Waals surface area contributed by atoms with Crippen molar-refractivity contribution in [2.24, 2.45) is 0 Å². The summed E-state index contributed by atoms with van der Waals surface area (Å²) >= 11 is 0. The quantitative estimate of drug-likeness (QED) is 0.161. The highest BCUT2D eigenvalue weighted by Gasteiger charge is 2.54. The van der Waals surface area contributed by atoms with Crippen LogP contribution in [0.3, 0.4) is 0 Å². The number of anilines is 3. The predicted octanol–water partition coefficient (Wildman–Crippen LogP) is 23.9. The number of rotatable bonds is 5. The molecule has 0 amide bonds. The lowest BCUT2D eigenvalue weighted by molar-refractivity contribution is 0.436. The Morgan fingerprint density at radius 3 is 1.16 bits per heavy atom. The van der Waals surface area contributed by atoms with Crippen molar-refractivity contribution in [1.82, 2.24) is 9.13 Å². The molecule has 0 fully saturated rings. The first-order valence-corrected chi connectivity index (χ1v) is 36.7. The fourth-order valence-corrected chi connectivity index (χ4v) is 19.3. The Hall–Kier alpha value is -13.6. The van der Waals surface area contributed by atoms with Crippen LogP contribution in [0.1, 0.15) is 92.8 Å². The monoisotopic (exact) mass is 1410 g/mol. The Balaban J connectivity index is 0.821. The molecule has 0 unspecified atom stereocenters. The number of aromatic nitrogens is 2. The molecule has 16 aromatic carbocycles. The molecule has 6 aliphatic rings. The van der Waals surface area contributed by atoms with E-state index in [0.29, 0.717) is 62.5 Å². The van der Waals surface area contributed by atoms with Crippen molar-refractivity contribution in [2.45, 2.75) is 37.0 Å². The minimum Gasteiger partial charge on any atom is -0.458 e. The molecule has 2 aliphatic carbocycles. The largest absolute Gasteiger partial charge is 0.458 e. The Labute approximate surface area is 653 Å². The molecule has 2 spiro atoms. The van der Waals surface area contributed by atoms with Crippen molar-refractivity contribution in [3.63, 3.8) is 0 Å². The van der Waals surface area contributed by atoms with Gasteiger partial charge in [0.1, 0.15) is 34.5 Å². The van der Waals surface area contributed by atoms with Crippen LogP contribution in [0.15, 0.2) is 345 Å². The number of hydrogen-bond acceptors (Lipinski definition) is 4. The van der Waals surface area contributed by atoms with Gasteiger partial charge in [0.25, 0.3) is 6.71 Å². The number of ether oxygens (including phenoxy) is 3. The summed E-state index contributed by atoms with van der Waals surface area (Å²) in [6.45, 7) is 5.56. The smallest absolute Gasteiger partial charge is 0.256 e. The van der Waals surface area contributed by atoms with Gasteiger partial charge in [-0.2, -0.15) is 0 Å². The van der Waals surface area contributed by atoms with Gasteiger partial charge in [0.2, 0.25) is 0 Å². The maximum absolute atomic E-state index is 9.91. The van der Waals surface area contributed by atoms with E-state index in [4.69, 9.17) is 22.4 Å². The first-order chi connectivity index (χ1) is 60.3. The van der Waals surface area contributed by atoms with Gasteiger partial charge in [-0.25, -0.2) is 0 Å². The molecule has 0 radical (unpaired) electrons. The highest BCUT2D eigenvalue weighted by Crippen LogP contribution is 2.65. The van der Waals surface area contributed by atoms with Gasteiger partial charge in [0.05, 0.1) is 60.5 Å². The second-order valence-corrected chi connectivity index (χ2v) is 30.1. The van der Waals surface area contributed by atoms with Gasteiger partial charge in [0.15, 0.2) is 0 Å². The van der Waals surface area contributed by atoms with Gasteiger partial charge in [-0.1, -0.05) is 281 Å². The fraction of sp³-hybridized carbons (Fsp3) is 0.0588. The van der Waals surface area contributed by atoms with E-state index in [1.165, 1.54) is 4.57 Å². The van der Waals surface area contributed by atoms with Crippen molar-refractivity contribution in [2.75, 3.05) is 4.90 Å². The van der Waals surface area contributed by atoms with Crippen molar-refractivity contribution in [3.05, 3.63) is 395 Å². The van der Waals surface area contributed by atoms with Crippen LogP contribution in [0.4, 0.5) is 17.1 Å². The Morgan fingerprint density at radius 2 is 0.697 bits per heavy atom. The Kier molecular flexibility index (Phi) is 9.50. The van der Waals surface area contributed by atoms with E-state index in [-0.39, 0.29) is 55.0 Å². The molecule has 7 heteroatoms. The summed E-state index contributed by atoms with van der Waals surface area (Å²) < 4.78 is 175. The van der Waals surface area contributed by atoms with E-state index in [9.17, 15) is 13.7 Å². The molecule has 0 N–H and O–H groups in total. The Morgan fingerprint density at radius 1 is 0.312 bits per heavy atom. The minimum absolute atomic E-state index is 0.0695.